The van der Waals surface area contributed by atoms with Crippen LogP contribution in [0.4, 0.5) is 0 Å². The number of aromatic nitrogens is 1. The molecule has 26 heavy (non-hydrogen) atoms. The Morgan fingerprint density at radius 1 is 1.27 bits per heavy atom. The van der Waals surface area contributed by atoms with E-state index in [0.717, 1.165) is 19.4 Å². The number of benzene rings is 1. The fourth-order valence-corrected chi connectivity index (χ4v) is 5.42. The van der Waals surface area contributed by atoms with E-state index in [1.807, 2.05) is 6.92 Å². The van der Waals surface area contributed by atoms with Gasteiger partial charge in [0, 0.05) is 17.6 Å². The molecule has 3 aliphatic rings. The number of para-hydroxylation sites is 1. The summed E-state index contributed by atoms with van der Waals surface area (Å²) in [5.41, 5.74) is 4.19. The van der Waals surface area contributed by atoms with Gasteiger partial charge in [-0.2, -0.15) is 0 Å². The predicted octanol–water partition coefficient (Wildman–Crippen LogP) is 3.43. The highest BCUT2D eigenvalue weighted by molar-refractivity contribution is 5.86. The molecule has 4 heterocycles. The van der Waals surface area contributed by atoms with E-state index in [2.05, 4.69) is 33.7 Å². The molecule has 0 amide bonds. The molecule has 5 nitrogen and oxygen atoms in total. The number of esters is 1. The molecule has 0 aliphatic carbocycles. The van der Waals surface area contributed by atoms with E-state index >= 15 is 0 Å². The number of fused-ring (bicyclic) bond motifs is 3. The molecule has 2 aromatic rings. The van der Waals surface area contributed by atoms with Gasteiger partial charge < -0.3 is 14.0 Å². The molecule has 5 heteroatoms. The van der Waals surface area contributed by atoms with E-state index in [-0.39, 0.29) is 18.8 Å². The quantitative estimate of drug-likeness (QED) is 0.789. The molecule has 1 fully saturated rings. The Hall–Kier alpha value is -1.85. The van der Waals surface area contributed by atoms with Gasteiger partial charge in [-0.3, -0.25) is 4.90 Å². The largest absolute Gasteiger partial charge is 0.464 e. The van der Waals surface area contributed by atoms with Crippen molar-refractivity contribution in [3.8, 4) is 0 Å². The number of carbonyl (C=O) groups is 1. The second kappa shape index (κ2) is 6.39. The highest BCUT2D eigenvalue weighted by Gasteiger charge is 2.45. The van der Waals surface area contributed by atoms with Crippen molar-refractivity contribution in [2.45, 2.75) is 44.9 Å². The van der Waals surface area contributed by atoms with Crippen molar-refractivity contribution in [1.82, 2.24) is 9.47 Å². The molecule has 3 aliphatic heterocycles. The van der Waals surface area contributed by atoms with Crippen LogP contribution in [0.3, 0.4) is 0 Å². The van der Waals surface area contributed by atoms with Crippen LogP contribution < -0.4 is 0 Å². The van der Waals surface area contributed by atoms with Gasteiger partial charge in [-0.1, -0.05) is 18.2 Å². The second-order valence-electron chi connectivity index (χ2n) is 7.69. The van der Waals surface area contributed by atoms with Gasteiger partial charge in [0.25, 0.3) is 0 Å². The molecule has 5 rings (SSSR count). The first-order chi connectivity index (χ1) is 12.8. The molecule has 1 unspecified atom stereocenters. The average molecular weight is 354 g/mol. The van der Waals surface area contributed by atoms with Crippen LogP contribution in [0.5, 0.6) is 0 Å². The highest BCUT2D eigenvalue weighted by Crippen LogP contribution is 2.51. The molecule has 1 aromatic heterocycles. The van der Waals surface area contributed by atoms with E-state index in [9.17, 15) is 4.79 Å². The minimum atomic E-state index is -0.273. The minimum absolute atomic E-state index is 0.0287. The zero-order valence-corrected chi connectivity index (χ0v) is 15.3. The van der Waals surface area contributed by atoms with Crippen LogP contribution in [0.25, 0.3) is 10.9 Å². The Morgan fingerprint density at radius 2 is 2.15 bits per heavy atom. The summed E-state index contributed by atoms with van der Waals surface area (Å²) in [6.45, 7) is 4.62. The standard InChI is InChI=1S/C21H26N2O3/c1-2-25-19(24)13-26-18-12-14-6-5-10-22-11-9-16-15-7-3-4-8-17(15)23(18)21(16)20(14)22/h3-4,7-8,14,18,20H,2,5-6,9-13H2,1H3/t14-,18?,20-/m1/s1. The number of hydrogen-bond acceptors (Lipinski definition) is 4. The first-order valence-electron chi connectivity index (χ1n) is 9.91. The molecule has 0 bridgehead atoms. The first kappa shape index (κ1) is 16.3. The lowest BCUT2D eigenvalue weighted by molar-refractivity contribution is -0.155. The van der Waals surface area contributed by atoms with Crippen molar-refractivity contribution >= 4 is 16.9 Å². The molecule has 1 saturated heterocycles. The maximum Gasteiger partial charge on any atom is 0.332 e. The summed E-state index contributed by atoms with van der Waals surface area (Å²) in [7, 11) is 0. The molecular weight excluding hydrogens is 328 g/mol. The van der Waals surface area contributed by atoms with Crippen molar-refractivity contribution in [2.24, 2.45) is 5.92 Å². The highest BCUT2D eigenvalue weighted by atomic mass is 16.6. The molecule has 3 atom stereocenters. The number of carbonyl (C=O) groups excluding carboxylic acids is 1. The summed E-state index contributed by atoms with van der Waals surface area (Å²) >= 11 is 0. The second-order valence-corrected chi connectivity index (χ2v) is 7.69. The number of nitrogens with zero attached hydrogens (tertiary/aromatic N) is 2. The van der Waals surface area contributed by atoms with E-state index in [1.165, 1.54) is 41.5 Å². The summed E-state index contributed by atoms with van der Waals surface area (Å²) < 4.78 is 13.6. The summed E-state index contributed by atoms with van der Waals surface area (Å²) in [5.74, 6) is 0.344. The van der Waals surface area contributed by atoms with E-state index in [1.54, 1.807) is 0 Å². The normalized spacial score (nSPS) is 27.3. The Labute approximate surface area is 153 Å². The van der Waals surface area contributed by atoms with Crippen LogP contribution >= 0.6 is 0 Å². The van der Waals surface area contributed by atoms with Crippen LogP contribution in [-0.4, -0.2) is 41.7 Å². The maximum atomic E-state index is 11.8. The number of piperidine rings is 1. The summed E-state index contributed by atoms with van der Waals surface area (Å²) in [6, 6.07) is 9.18. The third kappa shape index (κ3) is 2.41. The van der Waals surface area contributed by atoms with Gasteiger partial charge in [0.1, 0.15) is 12.8 Å². The van der Waals surface area contributed by atoms with E-state index in [4.69, 9.17) is 9.47 Å². The van der Waals surface area contributed by atoms with E-state index < -0.39 is 0 Å². The lowest BCUT2D eigenvalue weighted by Crippen LogP contribution is -2.47. The van der Waals surface area contributed by atoms with Crippen molar-refractivity contribution in [1.29, 1.82) is 0 Å². The van der Waals surface area contributed by atoms with Gasteiger partial charge in [0.15, 0.2) is 0 Å². The van der Waals surface area contributed by atoms with Gasteiger partial charge in [0.05, 0.1) is 18.2 Å². The zero-order chi connectivity index (χ0) is 17.7. The predicted molar refractivity (Wildman–Crippen MR) is 98.9 cm³/mol. The number of rotatable bonds is 4. The summed E-state index contributed by atoms with van der Waals surface area (Å²) in [5, 5.41) is 1.36. The third-order valence-electron chi connectivity index (χ3n) is 6.34. The fourth-order valence-electron chi connectivity index (χ4n) is 5.42. The topological polar surface area (TPSA) is 43.7 Å². The molecule has 1 aromatic carbocycles. The van der Waals surface area contributed by atoms with Crippen molar-refractivity contribution in [2.75, 3.05) is 26.3 Å². The van der Waals surface area contributed by atoms with Crippen LogP contribution in [0.2, 0.25) is 0 Å². The van der Waals surface area contributed by atoms with Gasteiger partial charge in [0.2, 0.25) is 0 Å². The zero-order valence-electron chi connectivity index (χ0n) is 15.3. The maximum absolute atomic E-state index is 11.8. The molecule has 0 N–H and O–H groups in total. The van der Waals surface area contributed by atoms with Crippen LogP contribution in [0.1, 0.15) is 49.7 Å². The van der Waals surface area contributed by atoms with Gasteiger partial charge >= 0.3 is 5.97 Å². The van der Waals surface area contributed by atoms with Gasteiger partial charge in [-0.15, -0.1) is 0 Å². The molecule has 0 spiro atoms. The van der Waals surface area contributed by atoms with Crippen molar-refractivity contribution in [3.63, 3.8) is 0 Å². The van der Waals surface area contributed by atoms with Crippen LogP contribution in [0.15, 0.2) is 24.3 Å². The summed E-state index contributed by atoms with van der Waals surface area (Å²) in [4.78, 5) is 14.5. The third-order valence-corrected chi connectivity index (χ3v) is 6.34. The summed E-state index contributed by atoms with van der Waals surface area (Å²) in [6.07, 6.45) is 4.53. The minimum Gasteiger partial charge on any atom is -0.464 e. The Morgan fingerprint density at radius 3 is 3.04 bits per heavy atom. The smallest absolute Gasteiger partial charge is 0.332 e. The Bertz CT molecular complexity index is 843. The SMILES string of the molecule is CCOC(=O)COC1C[C@H]2CCCN3CCc4c(n1c1ccccc41)[C@@H]23. The number of ether oxygens (including phenoxy) is 2. The Kier molecular flexibility index (Phi) is 4.02. The molecule has 0 saturated carbocycles. The van der Waals surface area contributed by atoms with Gasteiger partial charge in [-0.25, -0.2) is 4.79 Å². The lowest BCUT2D eigenvalue weighted by Gasteiger charge is -2.49. The fraction of sp³-hybridized carbons (Fsp3) is 0.571. The molecular formula is C21H26N2O3. The monoisotopic (exact) mass is 354 g/mol. The van der Waals surface area contributed by atoms with E-state index in [0.29, 0.717) is 18.6 Å². The first-order valence-corrected chi connectivity index (χ1v) is 9.91. The van der Waals surface area contributed by atoms with Crippen molar-refractivity contribution < 1.29 is 14.3 Å². The molecule has 0 radical (unpaired) electrons. The van der Waals surface area contributed by atoms with Crippen LogP contribution in [0, 0.1) is 5.92 Å². The Balaban J connectivity index is 1.59. The lowest BCUT2D eigenvalue weighted by atomic mass is 9.78. The molecule has 138 valence electrons. The van der Waals surface area contributed by atoms with Crippen LogP contribution in [-0.2, 0) is 20.7 Å². The number of hydrogen-bond donors (Lipinski definition) is 0. The average Bonchev–Trinajstić information content (AvgIpc) is 3.01. The van der Waals surface area contributed by atoms with Crippen molar-refractivity contribution in [3.05, 3.63) is 35.5 Å². The van der Waals surface area contributed by atoms with Gasteiger partial charge in [-0.05, 0) is 56.7 Å².